The van der Waals surface area contributed by atoms with Crippen molar-refractivity contribution in [2.45, 2.75) is 6.42 Å². The third kappa shape index (κ3) is 4.52. The molecule has 0 bridgehead atoms. The van der Waals surface area contributed by atoms with Crippen LogP contribution in [0.4, 0.5) is 0 Å². The molecule has 0 spiro atoms. The summed E-state index contributed by atoms with van der Waals surface area (Å²) in [5.41, 5.74) is 1.35. The Balaban J connectivity index is 1.70. The second-order valence-corrected chi connectivity index (χ2v) is 5.99. The van der Waals surface area contributed by atoms with Crippen LogP contribution in [0.1, 0.15) is 22.5 Å². The molecule has 0 saturated heterocycles. The Labute approximate surface area is 154 Å². The maximum atomic E-state index is 12.3. The molecule has 0 aliphatic carbocycles. The number of ketones is 1. The van der Waals surface area contributed by atoms with Crippen LogP contribution in [0.5, 0.6) is 5.75 Å². The van der Waals surface area contributed by atoms with Crippen LogP contribution in [0.3, 0.4) is 0 Å². The Morgan fingerprint density at radius 2 is 2.00 bits per heavy atom. The number of carbonyl (C=O) groups is 2. The highest BCUT2D eigenvalue weighted by Gasteiger charge is 2.10. The summed E-state index contributed by atoms with van der Waals surface area (Å²) in [6, 6.07) is 13.8. The molecule has 26 heavy (non-hydrogen) atoms. The highest BCUT2D eigenvalue weighted by molar-refractivity contribution is 6.31. The number of allylic oxidation sites excluding steroid dienone is 1. The zero-order valence-electron chi connectivity index (χ0n) is 13.6. The van der Waals surface area contributed by atoms with Gasteiger partial charge in [-0.25, -0.2) is 0 Å². The number of furan rings is 1. The van der Waals surface area contributed by atoms with E-state index in [-0.39, 0.29) is 24.6 Å². The highest BCUT2D eigenvalue weighted by atomic mass is 35.5. The predicted molar refractivity (Wildman–Crippen MR) is 98.8 cm³/mol. The first kappa shape index (κ1) is 17.8. The molecule has 3 rings (SSSR count). The normalized spacial score (nSPS) is 11.1. The SMILES string of the molecule is O=C(O)CCOc1cccc(/C=C/C(=O)c2cc3cc(Cl)ccc3o2)c1. The number of carboxylic acids is 1. The number of benzene rings is 2. The fraction of sp³-hybridized carbons (Fsp3) is 0.100. The number of fused-ring (bicyclic) bond motifs is 1. The molecule has 0 aliphatic heterocycles. The second kappa shape index (κ2) is 7.89. The zero-order valence-corrected chi connectivity index (χ0v) is 14.4. The highest BCUT2D eigenvalue weighted by Crippen LogP contribution is 2.23. The standard InChI is InChI=1S/C20H15ClO5/c21-15-5-7-18-14(11-15)12-19(26-18)17(22)6-4-13-2-1-3-16(10-13)25-9-8-20(23)24/h1-7,10-12H,8-9H2,(H,23,24)/b6-4+. The van der Waals surface area contributed by atoms with Gasteiger partial charge in [-0.1, -0.05) is 29.8 Å². The van der Waals surface area contributed by atoms with Crippen LogP contribution < -0.4 is 4.74 Å². The molecule has 1 N–H and O–H groups in total. The number of hydrogen-bond donors (Lipinski definition) is 1. The van der Waals surface area contributed by atoms with Gasteiger partial charge in [-0.05, 0) is 48.0 Å². The average molecular weight is 371 g/mol. The number of carbonyl (C=O) groups excluding carboxylic acids is 1. The monoisotopic (exact) mass is 370 g/mol. The van der Waals surface area contributed by atoms with Crippen LogP contribution in [0, 0.1) is 0 Å². The van der Waals surface area contributed by atoms with Crippen molar-refractivity contribution in [1.29, 1.82) is 0 Å². The molecule has 0 saturated carbocycles. The van der Waals surface area contributed by atoms with Crippen LogP contribution in [-0.2, 0) is 4.79 Å². The number of aliphatic carboxylic acids is 1. The van der Waals surface area contributed by atoms with E-state index in [1.807, 2.05) is 6.07 Å². The van der Waals surface area contributed by atoms with E-state index < -0.39 is 5.97 Å². The van der Waals surface area contributed by atoms with E-state index in [1.165, 1.54) is 6.08 Å². The first-order chi connectivity index (χ1) is 12.5. The van der Waals surface area contributed by atoms with Crippen LogP contribution >= 0.6 is 11.6 Å². The molecular weight excluding hydrogens is 356 g/mol. The number of carboxylic acid groups (broad SMARTS) is 1. The van der Waals surface area contributed by atoms with Crippen molar-refractivity contribution in [2.75, 3.05) is 6.61 Å². The Bertz CT molecular complexity index is 987. The molecule has 0 aliphatic rings. The van der Waals surface area contributed by atoms with E-state index in [1.54, 1.807) is 48.5 Å². The summed E-state index contributed by atoms with van der Waals surface area (Å²) < 4.78 is 10.9. The largest absolute Gasteiger partial charge is 0.493 e. The number of halogens is 1. The van der Waals surface area contributed by atoms with Gasteiger partial charge in [-0.3, -0.25) is 9.59 Å². The summed E-state index contributed by atoms with van der Waals surface area (Å²) in [6.07, 6.45) is 2.98. The van der Waals surface area contributed by atoms with Gasteiger partial charge in [0.25, 0.3) is 0 Å². The molecule has 2 aromatic carbocycles. The number of hydrogen-bond acceptors (Lipinski definition) is 4. The molecule has 5 nitrogen and oxygen atoms in total. The van der Waals surface area contributed by atoms with Gasteiger partial charge in [0, 0.05) is 10.4 Å². The van der Waals surface area contributed by atoms with Gasteiger partial charge in [-0.2, -0.15) is 0 Å². The fourth-order valence-corrected chi connectivity index (χ4v) is 2.53. The van der Waals surface area contributed by atoms with Crippen LogP contribution in [0.15, 0.2) is 59.0 Å². The summed E-state index contributed by atoms with van der Waals surface area (Å²) in [5, 5.41) is 9.97. The van der Waals surface area contributed by atoms with Gasteiger partial charge < -0.3 is 14.3 Å². The van der Waals surface area contributed by atoms with Crippen molar-refractivity contribution >= 4 is 40.4 Å². The maximum absolute atomic E-state index is 12.3. The Morgan fingerprint density at radius 1 is 1.15 bits per heavy atom. The quantitative estimate of drug-likeness (QED) is 0.476. The molecule has 0 atom stereocenters. The van der Waals surface area contributed by atoms with Crippen molar-refractivity contribution in [3.05, 3.63) is 71.0 Å². The molecule has 0 radical (unpaired) electrons. The van der Waals surface area contributed by atoms with Crippen molar-refractivity contribution in [3.63, 3.8) is 0 Å². The summed E-state index contributed by atoms with van der Waals surface area (Å²) in [5.74, 6) is -0.417. The number of ether oxygens (including phenoxy) is 1. The van der Waals surface area contributed by atoms with Crippen molar-refractivity contribution < 1.29 is 23.8 Å². The van der Waals surface area contributed by atoms with Gasteiger partial charge in [0.1, 0.15) is 11.3 Å². The number of rotatable bonds is 7. The third-order valence-corrected chi connectivity index (χ3v) is 3.83. The van der Waals surface area contributed by atoms with Crippen molar-refractivity contribution in [3.8, 4) is 5.75 Å². The van der Waals surface area contributed by atoms with E-state index in [4.69, 9.17) is 25.9 Å². The van der Waals surface area contributed by atoms with E-state index in [0.29, 0.717) is 16.4 Å². The van der Waals surface area contributed by atoms with Crippen molar-refractivity contribution in [2.24, 2.45) is 0 Å². The Hall–Kier alpha value is -3.05. The summed E-state index contributed by atoms with van der Waals surface area (Å²) in [6.45, 7) is 0.0863. The third-order valence-electron chi connectivity index (χ3n) is 3.59. The lowest BCUT2D eigenvalue weighted by molar-refractivity contribution is -0.137. The molecule has 132 valence electrons. The topological polar surface area (TPSA) is 76.7 Å². The van der Waals surface area contributed by atoms with E-state index in [2.05, 4.69) is 0 Å². The fourth-order valence-electron chi connectivity index (χ4n) is 2.35. The zero-order chi connectivity index (χ0) is 18.5. The van der Waals surface area contributed by atoms with Gasteiger partial charge in [0.05, 0.1) is 13.0 Å². The maximum Gasteiger partial charge on any atom is 0.306 e. The van der Waals surface area contributed by atoms with Crippen molar-refractivity contribution in [1.82, 2.24) is 0 Å². The lowest BCUT2D eigenvalue weighted by Crippen LogP contribution is -2.04. The Kier molecular flexibility index (Phi) is 5.39. The molecule has 3 aromatic rings. The minimum Gasteiger partial charge on any atom is -0.493 e. The predicted octanol–water partition coefficient (Wildman–Crippen LogP) is 4.84. The van der Waals surface area contributed by atoms with E-state index in [0.717, 1.165) is 10.9 Å². The van der Waals surface area contributed by atoms with Crippen LogP contribution in [-0.4, -0.2) is 23.5 Å². The lowest BCUT2D eigenvalue weighted by atomic mass is 10.1. The van der Waals surface area contributed by atoms with Gasteiger partial charge >= 0.3 is 5.97 Å². The first-order valence-electron chi connectivity index (χ1n) is 7.87. The second-order valence-electron chi connectivity index (χ2n) is 5.56. The van der Waals surface area contributed by atoms with E-state index >= 15 is 0 Å². The molecule has 0 unspecified atom stereocenters. The van der Waals surface area contributed by atoms with Crippen LogP contribution in [0.2, 0.25) is 5.02 Å². The molecule has 0 fully saturated rings. The summed E-state index contributed by atoms with van der Waals surface area (Å²) in [7, 11) is 0. The Morgan fingerprint density at radius 3 is 2.81 bits per heavy atom. The molecule has 6 heteroatoms. The summed E-state index contributed by atoms with van der Waals surface area (Å²) in [4.78, 5) is 22.8. The summed E-state index contributed by atoms with van der Waals surface area (Å²) >= 11 is 5.93. The molecule has 1 heterocycles. The first-order valence-corrected chi connectivity index (χ1v) is 8.25. The van der Waals surface area contributed by atoms with Gasteiger partial charge in [0.2, 0.25) is 5.78 Å². The lowest BCUT2D eigenvalue weighted by Gasteiger charge is -2.04. The average Bonchev–Trinajstić information content (AvgIpc) is 3.03. The minimum absolute atomic E-state index is 0.0748. The molecular formula is C20H15ClO5. The van der Waals surface area contributed by atoms with Crippen LogP contribution in [0.25, 0.3) is 17.0 Å². The molecule has 0 amide bonds. The molecule has 1 aromatic heterocycles. The van der Waals surface area contributed by atoms with Gasteiger partial charge in [-0.15, -0.1) is 0 Å². The van der Waals surface area contributed by atoms with E-state index in [9.17, 15) is 9.59 Å². The van der Waals surface area contributed by atoms with Gasteiger partial charge in [0.15, 0.2) is 5.76 Å². The smallest absolute Gasteiger partial charge is 0.306 e. The minimum atomic E-state index is -0.918.